The van der Waals surface area contributed by atoms with E-state index in [1.54, 1.807) is 6.08 Å². The van der Waals surface area contributed by atoms with Gasteiger partial charge < -0.3 is 5.32 Å². The Morgan fingerprint density at radius 1 is 1.23 bits per heavy atom. The van der Waals surface area contributed by atoms with Crippen LogP contribution in [0.15, 0.2) is 11.6 Å². The number of nitrogens with zero attached hydrogens (tertiary/aromatic N) is 1. The minimum atomic E-state index is 0.116. The molecule has 0 bridgehead atoms. The molecule has 0 aliphatic carbocycles. The van der Waals surface area contributed by atoms with Gasteiger partial charge in [-0.25, -0.2) is 0 Å². The molecule has 0 atom stereocenters. The average molecular weight is 178 g/mol. The van der Waals surface area contributed by atoms with Crippen LogP contribution in [0.5, 0.6) is 0 Å². The largest absolute Gasteiger partial charge is 0.306 e. The third-order valence-corrected chi connectivity index (χ3v) is 2.28. The van der Waals surface area contributed by atoms with Gasteiger partial charge in [0, 0.05) is 17.2 Å². The van der Waals surface area contributed by atoms with Gasteiger partial charge in [0.25, 0.3) is 0 Å². The Kier molecular flexibility index (Phi) is 2.49. The molecule has 1 saturated heterocycles. The minimum absolute atomic E-state index is 0.116. The zero-order valence-electron chi connectivity index (χ0n) is 8.94. The van der Waals surface area contributed by atoms with Gasteiger partial charge in [0.1, 0.15) is 0 Å². The maximum atomic E-state index is 8.61. The summed E-state index contributed by atoms with van der Waals surface area (Å²) in [7, 11) is 0. The molecule has 13 heavy (non-hydrogen) atoms. The summed E-state index contributed by atoms with van der Waals surface area (Å²) in [6.07, 6.45) is 3.65. The Morgan fingerprint density at radius 2 is 1.69 bits per heavy atom. The zero-order valence-corrected chi connectivity index (χ0v) is 8.94. The molecule has 1 rings (SSSR count). The Labute approximate surface area is 80.6 Å². The molecular weight excluding hydrogens is 160 g/mol. The molecule has 0 aromatic heterocycles. The van der Waals surface area contributed by atoms with Crippen molar-refractivity contribution >= 4 is 0 Å². The van der Waals surface area contributed by atoms with Crippen LogP contribution in [0.2, 0.25) is 0 Å². The van der Waals surface area contributed by atoms with Crippen LogP contribution in [0, 0.1) is 11.3 Å². The second kappa shape index (κ2) is 3.16. The van der Waals surface area contributed by atoms with Crippen LogP contribution in [0.25, 0.3) is 0 Å². The van der Waals surface area contributed by atoms with Crippen LogP contribution in [-0.4, -0.2) is 11.1 Å². The van der Waals surface area contributed by atoms with Crippen molar-refractivity contribution in [3.8, 4) is 6.07 Å². The number of nitriles is 1. The fraction of sp³-hybridized carbons (Fsp3) is 0.727. The van der Waals surface area contributed by atoms with E-state index in [9.17, 15) is 0 Å². The van der Waals surface area contributed by atoms with Gasteiger partial charge >= 0.3 is 0 Å². The molecule has 0 aromatic carbocycles. The van der Waals surface area contributed by atoms with Crippen LogP contribution in [-0.2, 0) is 0 Å². The molecule has 2 heteroatoms. The number of hydrogen-bond donors (Lipinski definition) is 1. The summed E-state index contributed by atoms with van der Waals surface area (Å²) in [4.78, 5) is 0. The van der Waals surface area contributed by atoms with Crippen molar-refractivity contribution in [3.05, 3.63) is 11.6 Å². The highest BCUT2D eigenvalue weighted by molar-refractivity contribution is 5.21. The second-order valence-corrected chi connectivity index (χ2v) is 5.18. The third kappa shape index (κ3) is 2.86. The Bertz CT molecular complexity index is 248. The van der Waals surface area contributed by atoms with E-state index in [0.29, 0.717) is 0 Å². The van der Waals surface area contributed by atoms with Crippen LogP contribution < -0.4 is 5.32 Å². The van der Waals surface area contributed by atoms with E-state index in [4.69, 9.17) is 5.26 Å². The van der Waals surface area contributed by atoms with E-state index in [0.717, 1.165) is 12.8 Å². The van der Waals surface area contributed by atoms with Crippen molar-refractivity contribution in [1.82, 2.24) is 5.32 Å². The van der Waals surface area contributed by atoms with Crippen molar-refractivity contribution in [1.29, 1.82) is 5.26 Å². The molecule has 1 aliphatic rings. The van der Waals surface area contributed by atoms with Gasteiger partial charge in [-0.1, -0.05) is 5.57 Å². The van der Waals surface area contributed by atoms with Crippen molar-refractivity contribution in [2.75, 3.05) is 0 Å². The predicted octanol–water partition coefficient (Wildman–Crippen LogP) is 2.38. The van der Waals surface area contributed by atoms with Gasteiger partial charge in [0.05, 0.1) is 6.07 Å². The van der Waals surface area contributed by atoms with E-state index >= 15 is 0 Å². The molecule has 1 heterocycles. The van der Waals surface area contributed by atoms with Gasteiger partial charge in [-0.2, -0.15) is 5.26 Å². The fourth-order valence-corrected chi connectivity index (χ4v) is 2.40. The van der Waals surface area contributed by atoms with Crippen LogP contribution in [0.3, 0.4) is 0 Å². The highest BCUT2D eigenvalue weighted by Crippen LogP contribution is 2.31. The van der Waals surface area contributed by atoms with Crippen molar-refractivity contribution in [2.24, 2.45) is 0 Å². The van der Waals surface area contributed by atoms with E-state index < -0.39 is 0 Å². The van der Waals surface area contributed by atoms with Crippen molar-refractivity contribution < 1.29 is 0 Å². The van der Waals surface area contributed by atoms with E-state index in [1.807, 2.05) is 0 Å². The lowest BCUT2D eigenvalue weighted by molar-refractivity contribution is 0.223. The maximum Gasteiger partial charge on any atom is 0.0911 e. The molecule has 0 aromatic rings. The molecule has 0 unspecified atom stereocenters. The predicted molar refractivity (Wildman–Crippen MR) is 54.2 cm³/mol. The molecule has 72 valence electrons. The SMILES string of the molecule is CC1(C)CC(=CC#N)CC(C)(C)N1. The summed E-state index contributed by atoms with van der Waals surface area (Å²) in [5, 5.41) is 12.2. The number of nitrogens with one attached hydrogen (secondary N) is 1. The topological polar surface area (TPSA) is 35.8 Å². The molecule has 0 spiro atoms. The van der Waals surface area contributed by atoms with Crippen LogP contribution in [0.4, 0.5) is 0 Å². The summed E-state index contributed by atoms with van der Waals surface area (Å²) >= 11 is 0. The molecule has 0 radical (unpaired) electrons. The summed E-state index contributed by atoms with van der Waals surface area (Å²) in [5.74, 6) is 0. The van der Waals surface area contributed by atoms with E-state index in [1.165, 1.54) is 5.57 Å². The summed E-state index contributed by atoms with van der Waals surface area (Å²) < 4.78 is 0. The summed E-state index contributed by atoms with van der Waals surface area (Å²) in [6.45, 7) is 8.72. The highest BCUT2D eigenvalue weighted by Gasteiger charge is 2.34. The molecule has 0 saturated carbocycles. The van der Waals surface area contributed by atoms with Gasteiger partial charge in [-0.05, 0) is 40.5 Å². The van der Waals surface area contributed by atoms with Gasteiger partial charge in [0.15, 0.2) is 0 Å². The van der Waals surface area contributed by atoms with Gasteiger partial charge in [-0.15, -0.1) is 0 Å². The first-order chi connectivity index (χ1) is 5.85. The molecule has 0 amide bonds. The van der Waals surface area contributed by atoms with Crippen molar-refractivity contribution in [3.63, 3.8) is 0 Å². The Morgan fingerprint density at radius 3 is 2.08 bits per heavy atom. The quantitative estimate of drug-likeness (QED) is 0.578. The summed E-state index contributed by atoms with van der Waals surface area (Å²) in [5.41, 5.74) is 1.49. The number of rotatable bonds is 0. The third-order valence-electron chi connectivity index (χ3n) is 2.28. The highest BCUT2D eigenvalue weighted by atomic mass is 15.0. The number of allylic oxidation sites excluding steroid dienone is 1. The lowest BCUT2D eigenvalue weighted by Crippen LogP contribution is -2.55. The summed E-state index contributed by atoms with van der Waals surface area (Å²) in [6, 6.07) is 2.12. The average Bonchev–Trinajstić information content (AvgIpc) is 1.78. The van der Waals surface area contributed by atoms with Gasteiger partial charge in [0.2, 0.25) is 0 Å². The molecule has 1 aliphatic heterocycles. The molecule has 2 nitrogen and oxygen atoms in total. The van der Waals surface area contributed by atoms with Crippen LogP contribution in [0.1, 0.15) is 40.5 Å². The number of hydrogen-bond acceptors (Lipinski definition) is 2. The first-order valence-electron chi connectivity index (χ1n) is 4.72. The lowest BCUT2D eigenvalue weighted by atomic mass is 9.79. The van der Waals surface area contributed by atoms with Gasteiger partial charge in [-0.3, -0.25) is 0 Å². The zero-order chi connectivity index (χ0) is 10.1. The van der Waals surface area contributed by atoms with E-state index in [-0.39, 0.29) is 11.1 Å². The normalized spacial score (nSPS) is 25.0. The van der Waals surface area contributed by atoms with Crippen molar-refractivity contribution in [2.45, 2.75) is 51.6 Å². The lowest BCUT2D eigenvalue weighted by Gasteiger charge is -2.43. The fourth-order valence-electron chi connectivity index (χ4n) is 2.40. The maximum absolute atomic E-state index is 8.61. The molecular formula is C11H18N2. The molecule has 1 fully saturated rings. The minimum Gasteiger partial charge on any atom is -0.306 e. The second-order valence-electron chi connectivity index (χ2n) is 5.18. The Hall–Kier alpha value is -0.810. The van der Waals surface area contributed by atoms with E-state index in [2.05, 4.69) is 39.1 Å². The first-order valence-corrected chi connectivity index (χ1v) is 4.72. The monoisotopic (exact) mass is 178 g/mol. The molecule has 1 N–H and O–H groups in total. The number of piperidine rings is 1. The standard InChI is InChI=1S/C11H18N2/c1-10(2)7-9(5-6-12)8-11(3,4)13-10/h5,13H,7-8H2,1-4H3. The first kappa shape index (κ1) is 10.3. The van der Waals surface area contributed by atoms with Crippen LogP contribution >= 0.6 is 0 Å². The Balaban J connectivity index is 2.86. The smallest absolute Gasteiger partial charge is 0.0911 e.